The van der Waals surface area contributed by atoms with E-state index < -0.39 is 6.04 Å². The summed E-state index contributed by atoms with van der Waals surface area (Å²) in [7, 11) is 0. The van der Waals surface area contributed by atoms with Gasteiger partial charge in [-0.25, -0.2) is 4.68 Å². The Labute approximate surface area is 226 Å². The summed E-state index contributed by atoms with van der Waals surface area (Å²) >= 11 is 0. The van der Waals surface area contributed by atoms with Crippen LogP contribution in [-0.2, 0) is 16.1 Å². The number of anilines is 1. The van der Waals surface area contributed by atoms with Crippen molar-refractivity contribution in [1.82, 2.24) is 20.3 Å². The Morgan fingerprint density at radius 1 is 1.00 bits per heavy atom. The maximum Gasteiger partial charge on any atom is 0.249 e. The zero-order valence-electron chi connectivity index (χ0n) is 21.9. The zero-order chi connectivity index (χ0) is 26.8. The molecule has 4 aromatic rings. The number of rotatable bonds is 7. The van der Waals surface area contributed by atoms with Crippen molar-refractivity contribution in [3.05, 3.63) is 77.9 Å². The number of amides is 2. The van der Waals surface area contributed by atoms with Crippen molar-refractivity contribution in [2.45, 2.75) is 51.2 Å². The van der Waals surface area contributed by atoms with Crippen LogP contribution in [0.4, 0.5) is 5.69 Å². The minimum atomic E-state index is -0.892. The first-order valence-corrected chi connectivity index (χ1v) is 13.4. The molecule has 1 aromatic heterocycles. The molecule has 1 atom stereocenters. The number of nitrogens with zero attached hydrogens (tertiary/aromatic N) is 4. The van der Waals surface area contributed by atoms with Crippen LogP contribution in [0.2, 0.25) is 0 Å². The van der Waals surface area contributed by atoms with Crippen LogP contribution in [0.25, 0.3) is 11.0 Å². The SMILES string of the molecule is Cc1ccccc1[C@@H](C(=O)NC1CCCC1)N(C(=O)Cn1nnc2ccccc21)c1ccc2c(c1)OCCO2. The number of carbonyl (C=O) groups excluding carboxylic acids is 2. The van der Waals surface area contributed by atoms with E-state index in [-0.39, 0.29) is 24.4 Å². The Bertz CT molecular complexity index is 1510. The molecule has 1 N–H and O–H groups in total. The van der Waals surface area contributed by atoms with Gasteiger partial charge >= 0.3 is 0 Å². The summed E-state index contributed by atoms with van der Waals surface area (Å²) in [6.45, 7) is 2.75. The molecule has 0 radical (unpaired) electrons. The van der Waals surface area contributed by atoms with Gasteiger partial charge in [0, 0.05) is 17.8 Å². The van der Waals surface area contributed by atoms with Crippen molar-refractivity contribution in [3.63, 3.8) is 0 Å². The molecular formula is C30H31N5O4. The average Bonchev–Trinajstić information content (AvgIpc) is 3.62. The molecule has 9 heteroatoms. The predicted octanol–water partition coefficient (Wildman–Crippen LogP) is 4.34. The van der Waals surface area contributed by atoms with E-state index in [2.05, 4.69) is 15.6 Å². The summed E-state index contributed by atoms with van der Waals surface area (Å²) in [5.74, 6) is 0.657. The van der Waals surface area contributed by atoms with E-state index in [0.29, 0.717) is 35.9 Å². The molecule has 2 amide bonds. The lowest BCUT2D eigenvalue weighted by molar-refractivity contribution is -0.127. The predicted molar refractivity (Wildman–Crippen MR) is 147 cm³/mol. The van der Waals surface area contributed by atoms with Gasteiger partial charge in [-0.2, -0.15) is 0 Å². The fourth-order valence-corrected chi connectivity index (χ4v) is 5.50. The van der Waals surface area contributed by atoms with E-state index in [1.54, 1.807) is 27.8 Å². The first kappa shape index (κ1) is 24.9. The maximum atomic E-state index is 14.3. The Hall–Kier alpha value is -4.40. The molecule has 9 nitrogen and oxygen atoms in total. The van der Waals surface area contributed by atoms with Gasteiger partial charge < -0.3 is 14.8 Å². The number of benzene rings is 3. The number of ether oxygens (including phenoxy) is 2. The smallest absolute Gasteiger partial charge is 0.249 e. The molecular weight excluding hydrogens is 494 g/mol. The van der Waals surface area contributed by atoms with Gasteiger partial charge in [0.2, 0.25) is 11.8 Å². The van der Waals surface area contributed by atoms with E-state index in [0.717, 1.165) is 42.3 Å². The van der Waals surface area contributed by atoms with Crippen LogP contribution in [0.3, 0.4) is 0 Å². The number of hydrogen-bond acceptors (Lipinski definition) is 6. The maximum absolute atomic E-state index is 14.3. The third-order valence-corrected chi connectivity index (χ3v) is 7.47. The molecule has 39 heavy (non-hydrogen) atoms. The fraction of sp³-hybridized carbons (Fsp3) is 0.333. The molecule has 1 aliphatic carbocycles. The van der Waals surface area contributed by atoms with Gasteiger partial charge in [0.25, 0.3) is 0 Å². The van der Waals surface area contributed by atoms with Gasteiger partial charge in [0.05, 0.1) is 5.52 Å². The van der Waals surface area contributed by atoms with E-state index in [1.165, 1.54) is 0 Å². The van der Waals surface area contributed by atoms with Crippen LogP contribution in [0, 0.1) is 6.92 Å². The van der Waals surface area contributed by atoms with Gasteiger partial charge in [-0.1, -0.05) is 54.5 Å². The Balaban J connectivity index is 1.45. The molecule has 6 rings (SSSR count). The number of carbonyl (C=O) groups is 2. The van der Waals surface area contributed by atoms with Crippen LogP contribution < -0.4 is 19.7 Å². The van der Waals surface area contributed by atoms with Gasteiger partial charge in [0.1, 0.15) is 31.3 Å². The number of aryl methyl sites for hydroxylation is 1. The minimum absolute atomic E-state index is 0.0892. The molecule has 0 unspecified atom stereocenters. The van der Waals surface area contributed by atoms with Crippen molar-refractivity contribution in [1.29, 1.82) is 0 Å². The zero-order valence-corrected chi connectivity index (χ0v) is 21.9. The van der Waals surface area contributed by atoms with Crippen molar-refractivity contribution < 1.29 is 19.1 Å². The van der Waals surface area contributed by atoms with Gasteiger partial charge in [-0.3, -0.25) is 14.5 Å². The largest absolute Gasteiger partial charge is 0.486 e. The van der Waals surface area contributed by atoms with Gasteiger partial charge in [-0.15, -0.1) is 5.10 Å². The highest BCUT2D eigenvalue weighted by Crippen LogP contribution is 2.38. The van der Waals surface area contributed by atoms with Crippen molar-refractivity contribution >= 4 is 28.5 Å². The van der Waals surface area contributed by atoms with Crippen molar-refractivity contribution in [3.8, 4) is 11.5 Å². The topological polar surface area (TPSA) is 98.6 Å². The minimum Gasteiger partial charge on any atom is -0.486 e. The number of nitrogens with one attached hydrogen (secondary N) is 1. The third-order valence-electron chi connectivity index (χ3n) is 7.47. The number of hydrogen-bond donors (Lipinski definition) is 1. The van der Waals surface area contributed by atoms with Gasteiger partial charge in [0.15, 0.2) is 11.5 Å². The molecule has 2 aliphatic rings. The van der Waals surface area contributed by atoms with E-state index in [1.807, 2.05) is 55.5 Å². The summed E-state index contributed by atoms with van der Waals surface area (Å²) < 4.78 is 13.1. The molecule has 0 saturated heterocycles. The molecule has 2 heterocycles. The Morgan fingerprint density at radius 3 is 2.56 bits per heavy atom. The Kier molecular flexibility index (Phi) is 6.87. The van der Waals surface area contributed by atoms with Crippen molar-refractivity contribution in [2.75, 3.05) is 18.1 Å². The second-order valence-electron chi connectivity index (χ2n) is 10.1. The lowest BCUT2D eigenvalue weighted by Gasteiger charge is -2.33. The monoisotopic (exact) mass is 525 g/mol. The average molecular weight is 526 g/mol. The molecule has 0 bridgehead atoms. The van der Waals surface area contributed by atoms with Crippen LogP contribution in [0.5, 0.6) is 11.5 Å². The lowest BCUT2D eigenvalue weighted by Crippen LogP contribution is -2.47. The van der Waals surface area contributed by atoms with Crippen LogP contribution in [0.1, 0.15) is 42.9 Å². The lowest BCUT2D eigenvalue weighted by atomic mass is 9.97. The summed E-state index contributed by atoms with van der Waals surface area (Å²) in [5.41, 5.74) is 3.68. The molecule has 3 aromatic carbocycles. The molecule has 1 saturated carbocycles. The third kappa shape index (κ3) is 5.04. The summed E-state index contributed by atoms with van der Waals surface area (Å²) in [6, 6.07) is 19.8. The molecule has 0 spiro atoms. The van der Waals surface area contributed by atoms with E-state index in [9.17, 15) is 9.59 Å². The summed E-state index contributed by atoms with van der Waals surface area (Å²) in [5, 5.41) is 11.7. The highest BCUT2D eigenvalue weighted by molar-refractivity contribution is 6.02. The van der Waals surface area contributed by atoms with Gasteiger partial charge in [-0.05, 0) is 55.2 Å². The van der Waals surface area contributed by atoms with E-state index in [4.69, 9.17) is 9.47 Å². The second-order valence-corrected chi connectivity index (χ2v) is 10.1. The van der Waals surface area contributed by atoms with E-state index >= 15 is 0 Å². The fourth-order valence-electron chi connectivity index (χ4n) is 5.50. The van der Waals surface area contributed by atoms with Crippen LogP contribution >= 0.6 is 0 Å². The standard InChI is InChI=1S/C30H31N5O4/c1-20-8-2-5-11-23(20)29(30(37)31-21-9-3-4-10-21)35(22-14-15-26-27(18-22)39-17-16-38-26)28(36)19-34-25-13-7-6-12-24(25)32-33-34/h2,5-8,11-15,18,21,29H,3-4,9-10,16-17,19H2,1H3,(H,31,37)/t29-/m0/s1. The summed E-state index contributed by atoms with van der Waals surface area (Å²) in [4.78, 5) is 29.9. The first-order chi connectivity index (χ1) is 19.1. The number of aromatic nitrogens is 3. The first-order valence-electron chi connectivity index (χ1n) is 13.4. The number of para-hydroxylation sites is 1. The quantitative estimate of drug-likeness (QED) is 0.385. The summed E-state index contributed by atoms with van der Waals surface area (Å²) in [6.07, 6.45) is 4.05. The number of fused-ring (bicyclic) bond motifs is 2. The normalized spacial score (nSPS) is 15.7. The Morgan fingerprint density at radius 2 is 1.74 bits per heavy atom. The molecule has 1 fully saturated rings. The van der Waals surface area contributed by atoms with Crippen molar-refractivity contribution in [2.24, 2.45) is 0 Å². The van der Waals surface area contributed by atoms with Crippen LogP contribution in [-0.4, -0.2) is 46.1 Å². The highest BCUT2D eigenvalue weighted by atomic mass is 16.6. The molecule has 200 valence electrons. The molecule has 1 aliphatic heterocycles. The second kappa shape index (κ2) is 10.8. The van der Waals surface area contributed by atoms with Crippen LogP contribution in [0.15, 0.2) is 66.7 Å². The highest BCUT2D eigenvalue weighted by Gasteiger charge is 2.36.